The van der Waals surface area contributed by atoms with E-state index in [1.165, 1.54) is 0 Å². The Morgan fingerprint density at radius 3 is 2.50 bits per heavy atom. The van der Waals surface area contributed by atoms with Gasteiger partial charge in [0.05, 0.1) is 13.4 Å². The Hall–Kier alpha value is -3.01. The van der Waals surface area contributed by atoms with Gasteiger partial charge in [0.25, 0.3) is 0 Å². The first-order chi connectivity index (χ1) is 12.6. The van der Waals surface area contributed by atoms with Crippen LogP contribution in [0.4, 0.5) is 0 Å². The maximum Gasteiger partial charge on any atom is 0.336 e. The average Bonchev–Trinajstić information content (AvgIpc) is 3.07. The van der Waals surface area contributed by atoms with Crippen LogP contribution < -0.4 is 10.4 Å². The molecule has 0 saturated heterocycles. The molecule has 0 bridgehead atoms. The van der Waals surface area contributed by atoms with Gasteiger partial charge in [-0.1, -0.05) is 25.5 Å². The summed E-state index contributed by atoms with van der Waals surface area (Å²) in [6.45, 7) is 4.04. The topological polar surface area (TPSA) is 52.6 Å². The normalized spacial score (nSPS) is 11.3. The van der Waals surface area contributed by atoms with Crippen LogP contribution in [0.3, 0.4) is 0 Å². The third-order valence-electron chi connectivity index (χ3n) is 4.80. The lowest BCUT2D eigenvalue weighted by molar-refractivity contribution is 0.415. The summed E-state index contributed by atoms with van der Waals surface area (Å²) < 4.78 is 16.6. The summed E-state index contributed by atoms with van der Waals surface area (Å²) in [5, 5.41) is 2.00. The summed E-state index contributed by atoms with van der Waals surface area (Å²) in [5.41, 5.74) is 4.99. The Labute approximate surface area is 151 Å². The summed E-state index contributed by atoms with van der Waals surface area (Å²) in [4.78, 5) is 11.9. The van der Waals surface area contributed by atoms with Crippen LogP contribution in [0.15, 0.2) is 56.3 Å². The van der Waals surface area contributed by atoms with Gasteiger partial charge in [-0.25, -0.2) is 4.79 Å². The smallest absolute Gasteiger partial charge is 0.336 e. The van der Waals surface area contributed by atoms with Crippen LogP contribution >= 0.6 is 0 Å². The standard InChI is InChI=1S/C22H20O4/c1-4-5-15-10-20(23)26-22-13(2)21-18(11-17(15)22)19(12-25-21)14-6-8-16(24-3)9-7-14/h6-12H,4-5H2,1-3H3. The lowest BCUT2D eigenvalue weighted by Gasteiger charge is -2.08. The molecule has 0 N–H and O–H groups in total. The van der Waals surface area contributed by atoms with Crippen molar-refractivity contribution >= 4 is 21.9 Å². The zero-order valence-corrected chi connectivity index (χ0v) is 15.1. The minimum absolute atomic E-state index is 0.315. The molecule has 2 aromatic carbocycles. The molecule has 0 aliphatic carbocycles. The molecule has 132 valence electrons. The Bertz CT molecular complexity index is 1150. The second-order valence-corrected chi connectivity index (χ2v) is 6.47. The van der Waals surface area contributed by atoms with E-state index in [4.69, 9.17) is 13.6 Å². The first-order valence-corrected chi connectivity index (χ1v) is 8.74. The highest BCUT2D eigenvalue weighted by Crippen LogP contribution is 2.37. The van der Waals surface area contributed by atoms with Crippen LogP contribution in [-0.2, 0) is 6.42 Å². The summed E-state index contributed by atoms with van der Waals surface area (Å²) in [6.07, 6.45) is 3.56. The zero-order chi connectivity index (χ0) is 18.3. The molecule has 0 spiro atoms. The van der Waals surface area contributed by atoms with E-state index in [1.54, 1.807) is 19.4 Å². The van der Waals surface area contributed by atoms with Crippen molar-refractivity contribution < 1.29 is 13.6 Å². The van der Waals surface area contributed by atoms with E-state index in [1.807, 2.05) is 31.2 Å². The molecule has 4 aromatic rings. The van der Waals surface area contributed by atoms with Crippen molar-refractivity contribution in [2.45, 2.75) is 26.7 Å². The van der Waals surface area contributed by atoms with Crippen LogP contribution in [0.2, 0.25) is 0 Å². The van der Waals surface area contributed by atoms with Gasteiger partial charge in [-0.15, -0.1) is 0 Å². The molecule has 0 atom stereocenters. The maximum atomic E-state index is 11.9. The molecule has 0 aliphatic heterocycles. The van der Waals surface area contributed by atoms with Gasteiger partial charge >= 0.3 is 5.63 Å². The van der Waals surface area contributed by atoms with Gasteiger partial charge in [-0.2, -0.15) is 0 Å². The van der Waals surface area contributed by atoms with Crippen LogP contribution in [0, 0.1) is 6.92 Å². The van der Waals surface area contributed by atoms with Gasteiger partial charge in [-0.05, 0) is 42.7 Å². The van der Waals surface area contributed by atoms with E-state index >= 15 is 0 Å². The molecular formula is C22H20O4. The van der Waals surface area contributed by atoms with E-state index in [0.29, 0.717) is 5.58 Å². The quantitative estimate of drug-likeness (QED) is 0.459. The molecule has 0 fully saturated rings. The molecular weight excluding hydrogens is 328 g/mol. The number of hydrogen-bond donors (Lipinski definition) is 0. The van der Waals surface area contributed by atoms with Gasteiger partial charge in [0, 0.05) is 28.0 Å². The fraction of sp³-hybridized carbons (Fsp3) is 0.227. The van der Waals surface area contributed by atoms with Gasteiger partial charge in [0.2, 0.25) is 0 Å². The van der Waals surface area contributed by atoms with Crippen LogP contribution in [0.5, 0.6) is 5.75 Å². The summed E-state index contributed by atoms with van der Waals surface area (Å²) in [6, 6.07) is 11.6. The van der Waals surface area contributed by atoms with E-state index in [-0.39, 0.29) is 5.63 Å². The molecule has 0 amide bonds. The lowest BCUT2D eigenvalue weighted by Crippen LogP contribution is -2.01. The van der Waals surface area contributed by atoms with E-state index in [2.05, 4.69) is 13.0 Å². The molecule has 0 unspecified atom stereocenters. The van der Waals surface area contributed by atoms with Crippen LogP contribution in [-0.4, -0.2) is 7.11 Å². The highest BCUT2D eigenvalue weighted by atomic mass is 16.5. The predicted molar refractivity (Wildman–Crippen MR) is 103 cm³/mol. The monoisotopic (exact) mass is 348 g/mol. The first-order valence-electron chi connectivity index (χ1n) is 8.74. The molecule has 0 radical (unpaired) electrons. The zero-order valence-electron chi connectivity index (χ0n) is 15.1. The SMILES string of the molecule is CCCc1cc(=O)oc2c(C)c3occ(-c4ccc(OC)cc4)c3cc12. The highest BCUT2D eigenvalue weighted by Gasteiger charge is 2.17. The average molecular weight is 348 g/mol. The Morgan fingerprint density at radius 2 is 1.81 bits per heavy atom. The Kier molecular flexibility index (Phi) is 4.03. The summed E-state index contributed by atoms with van der Waals surface area (Å²) in [5.74, 6) is 0.815. The fourth-order valence-corrected chi connectivity index (χ4v) is 3.51. The first kappa shape index (κ1) is 16.5. The van der Waals surface area contributed by atoms with Gasteiger partial charge in [0.1, 0.15) is 16.9 Å². The molecule has 2 aromatic heterocycles. The third-order valence-corrected chi connectivity index (χ3v) is 4.80. The summed E-state index contributed by atoms with van der Waals surface area (Å²) >= 11 is 0. The fourth-order valence-electron chi connectivity index (χ4n) is 3.51. The predicted octanol–water partition coefficient (Wildman–Crippen LogP) is 5.48. The van der Waals surface area contributed by atoms with Gasteiger partial charge in [-0.3, -0.25) is 0 Å². The van der Waals surface area contributed by atoms with E-state index in [9.17, 15) is 4.79 Å². The van der Waals surface area contributed by atoms with Crippen molar-refractivity contribution in [2.24, 2.45) is 0 Å². The highest BCUT2D eigenvalue weighted by molar-refractivity contribution is 6.04. The number of rotatable bonds is 4. The minimum Gasteiger partial charge on any atom is -0.497 e. The van der Waals surface area contributed by atoms with Crippen LogP contribution in [0.25, 0.3) is 33.1 Å². The number of fused-ring (bicyclic) bond motifs is 2. The van der Waals surface area contributed by atoms with Gasteiger partial charge < -0.3 is 13.6 Å². The number of benzene rings is 2. The second-order valence-electron chi connectivity index (χ2n) is 6.47. The third kappa shape index (κ3) is 2.58. The largest absolute Gasteiger partial charge is 0.497 e. The van der Waals surface area contributed by atoms with E-state index < -0.39 is 0 Å². The molecule has 0 aliphatic rings. The summed E-state index contributed by atoms with van der Waals surface area (Å²) in [7, 11) is 1.65. The molecule has 0 saturated carbocycles. The molecule has 2 heterocycles. The minimum atomic E-state index is -0.315. The van der Waals surface area contributed by atoms with Crippen molar-refractivity contribution in [3.05, 3.63) is 64.2 Å². The Morgan fingerprint density at radius 1 is 1.04 bits per heavy atom. The molecule has 4 rings (SSSR count). The molecule has 4 nitrogen and oxygen atoms in total. The van der Waals surface area contributed by atoms with Crippen molar-refractivity contribution in [3.63, 3.8) is 0 Å². The number of furan rings is 1. The van der Waals surface area contributed by atoms with Crippen molar-refractivity contribution in [3.8, 4) is 16.9 Å². The molecule has 26 heavy (non-hydrogen) atoms. The number of ether oxygens (including phenoxy) is 1. The van der Waals surface area contributed by atoms with Crippen LogP contribution in [0.1, 0.15) is 24.5 Å². The lowest BCUT2D eigenvalue weighted by atomic mass is 9.98. The second kappa shape index (κ2) is 6.37. The maximum absolute atomic E-state index is 11.9. The number of hydrogen-bond acceptors (Lipinski definition) is 4. The molecule has 4 heteroatoms. The van der Waals surface area contributed by atoms with Crippen molar-refractivity contribution in [2.75, 3.05) is 7.11 Å². The van der Waals surface area contributed by atoms with Gasteiger partial charge in [0.15, 0.2) is 0 Å². The van der Waals surface area contributed by atoms with E-state index in [0.717, 1.165) is 57.2 Å². The van der Waals surface area contributed by atoms with Crippen molar-refractivity contribution in [1.29, 1.82) is 0 Å². The number of aryl methyl sites for hydroxylation is 2. The van der Waals surface area contributed by atoms with Crippen molar-refractivity contribution in [1.82, 2.24) is 0 Å². The number of methoxy groups -OCH3 is 1. The Balaban J connectivity index is 2.01.